The Morgan fingerprint density at radius 2 is 0.376 bits per heavy atom. The number of carbonyl (C=O) groups is 10. The normalized spacial score (nSPS) is 11.1. The average Bonchev–Trinajstić information content (AvgIpc) is 3.45. The maximum absolute atomic E-state index is 12.4. The van der Waals surface area contributed by atoms with Crippen LogP contribution in [-0.4, -0.2) is 85.2 Å². The van der Waals surface area contributed by atoms with Crippen LogP contribution >= 0.6 is 0 Å². The summed E-state index contributed by atoms with van der Waals surface area (Å²) in [7, 11) is 0. The fourth-order valence-corrected chi connectivity index (χ4v) is 5.57. The van der Waals surface area contributed by atoms with Crippen molar-refractivity contribution in [3.8, 4) is 28.7 Å². The molecule has 85 heavy (non-hydrogen) atoms. The molecule has 20 nitrogen and oxygen atoms in total. The SMILES string of the molecule is CC(=O)Oc1cc(C(F)(F)F)ccc1C(=O)O.CC(=O)Oc1cc(C(F)(F)F)ccc1C(=O)O.CC(=O)Oc1cc(C(F)(F)F)ccc1C(=O)O.CC(=O)Oc1cc(C(F)(F)F)ccc1C(=O)O.CC(=O)Oc1cc(C(F)(F)F)ccc1C(=O)O. The van der Waals surface area contributed by atoms with E-state index in [-0.39, 0.29) is 0 Å². The van der Waals surface area contributed by atoms with Crippen molar-refractivity contribution in [2.24, 2.45) is 0 Å². The van der Waals surface area contributed by atoms with E-state index in [0.717, 1.165) is 65.0 Å². The van der Waals surface area contributed by atoms with Gasteiger partial charge in [0.2, 0.25) is 0 Å². The predicted molar refractivity (Wildman–Crippen MR) is 249 cm³/mol. The molecule has 35 heteroatoms. The number of benzene rings is 5. The van der Waals surface area contributed by atoms with Crippen LogP contribution in [0.15, 0.2) is 91.0 Å². The van der Waals surface area contributed by atoms with Gasteiger partial charge in [0.25, 0.3) is 0 Å². The zero-order valence-corrected chi connectivity index (χ0v) is 42.7. The highest BCUT2D eigenvalue weighted by atomic mass is 19.4. The predicted octanol–water partition coefficient (Wildman–Crippen LogP) is 11.6. The molecule has 0 bridgehead atoms. The number of hydrogen-bond acceptors (Lipinski definition) is 15. The van der Waals surface area contributed by atoms with Gasteiger partial charge in [0.1, 0.15) is 56.6 Å². The van der Waals surface area contributed by atoms with Crippen molar-refractivity contribution in [3.63, 3.8) is 0 Å². The van der Waals surface area contributed by atoms with Gasteiger partial charge in [-0.05, 0) is 91.0 Å². The van der Waals surface area contributed by atoms with Crippen LogP contribution in [0.2, 0.25) is 0 Å². The summed E-state index contributed by atoms with van der Waals surface area (Å²) >= 11 is 0. The maximum Gasteiger partial charge on any atom is 0.416 e. The minimum Gasteiger partial charge on any atom is -0.478 e. The minimum atomic E-state index is -4.63. The lowest BCUT2D eigenvalue weighted by atomic mass is 10.1. The summed E-state index contributed by atoms with van der Waals surface area (Å²) in [6.45, 7) is 4.82. The Bertz CT molecular complexity index is 2830. The number of ether oxygens (including phenoxy) is 5. The van der Waals surface area contributed by atoms with Crippen molar-refractivity contribution in [1.82, 2.24) is 0 Å². The van der Waals surface area contributed by atoms with Crippen molar-refractivity contribution >= 4 is 59.7 Å². The number of carboxylic acids is 5. The van der Waals surface area contributed by atoms with Crippen molar-refractivity contribution in [1.29, 1.82) is 0 Å². The number of halogens is 15. The molecule has 0 aromatic heterocycles. The van der Waals surface area contributed by atoms with Crippen molar-refractivity contribution in [2.75, 3.05) is 0 Å². The molecule has 0 aliphatic carbocycles. The first-order chi connectivity index (χ1) is 38.6. The molecule has 0 heterocycles. The number of hydrogen-bond donors (Lipinski definition) is 5. The molecule has 0 radical (unpaired) electrons. The molecule has 0 spiro atoms. The molecule has 0 saturated heterocycles. The van der Waals surface area contributed by atoms with Crippen molar-refractivity contribution in [2.45, 2.75) is 65.5 Å². The van der Waals surface area contributed by atoms with Gasteiger partial charge in [-0.1, -0.05) is 0 Å². The third kappa shape index (κ3) is 24.4. The van der Waals surface area contributed by atoms with Crippen molar-refractivity contribution < 1.29 is 163 Å². The third-order valence-electron chi connectivity index (χ3n) is 8.97. The van der Waals surface area contributed by atoms with Gasteiger partial charge in [-0.2, -0.15) is 65.9 Å². The molecule has 5 aromatic carbocycles. The highest BCUT2D eigenvalue weighted by Crippen LogP contribution is 2.38. The molecule has 460 valence electrons. The largest absolute Gasteiger partial charge is 0.478 e. The number of alkyl halides is 15. The van der Waals surface area contributed by atoms with Crippen LogP contribution in [-0.2, 0) is 54.9 Å². The molecule has 0 atom stereocenters. The van der Waals surface area contributed by atoms with Gasteiger partial charge in [-0.25, -0.2) is 24.0 Å². The summed E-state index contributed by atoms with van der Waals surface area (Å²) in [5.41, 5.74) is -7.95. The maximum atomic E-state index is 12.4. The summed E-state index contributed by atoms with van der Waals surface area (Å²) < 4.78 is 207. The van der Waals surface area contributed by atoms with E-state index < -0.39 is 175 Å². The highest BCUT2D eigenvalue weighted by Gasteiger charge is 2.36. The molecular weight excluding hydrogens is 1210 g/mol. The van der Waals surface area contributed by atoms with Crippen LogP contribution in [0.25, 0.3) is 0 Å². The number of esters is 5. The highest BCUT2D eigenvalue weighted by molar-refractivity contribution is 5.94. The quantitative estimate of drug-likeness (QED) is 0.0493. The molecule has 0 aliphatic heterocycles. The second-order valence-electron chi connectivity index (χ2n) is 15.5. The Morgan fingerprint density at radius 3 is 0.459 bits per heavy atom. The van der Waals surface area contributed by atoms with Crippen LogP contribution in [0.5, 0.6) is 28.7 Å². The van der Waals surface area contributed by atoms with Gasteiger partial charge < -0.3 is 49.2 Å². The molecular formula is C50H35F15O20. The first-order valence-corrected chi connectivity index (χ1v) is 21.7. The summed E-state index contributed by atoms with van der Waals surface area (Å²) in [6, 6.07) is 9.12. The summed E-state index contributed by atoms with van der Waals surface area (Å²) in [5.74, 6) is -15.0. The molecule has 0 unspecified atom stereocenters. The van der Waals surface area contributed by atoms with E-state index in [1.807, 2.05) is 0 Å². The Hall–Kier alpha value is -10.3. The molecule has 0 amide bonds. The summed E-state index contributed by atoms with van der Waals surface area (Å²) in [4.78, 5) is 107. The van der Waals surface area contributed by atoms with Crippen LogP contribution in [0.4, 0.5) is 65.9 Å². The molecule has 0 saturated carbocycles. The molecule has 5 aromatic rings. The number of rotatable bonds is 10. The first-order valence-electron chi connectivity index (χ1n) is 21.7. The molecule has 5 rings (SSSR count). The van der Waals surface area contributed by atoms with Gasteiger partial charge in [0.05, 0.1) is 27.8 Å². The number of carboxylic acid groups (broad SMARTS) is 5. The summed E-state index contributed by atoms with van der Waals surface area (Å²) in [6.07, 6.45) is -23.2. The van der Waals surface area contributed by atoms with Gasteiger partial charge in [0.15, 0.2) is 0 Å². The van der Waals surface area contributed by atoms with E-state index in [4.69, 9.17) is 25.5 Å². The van der Waals surface area contributed by atoms with E-state index in [1.165, 1.54) is 0 Å². The van der Waals surface area contributed by atoms with E-state index in [9.17, 15) is 114 Å². The zero-order chi connectivity index (χ0) is 66.1. The second-order valence-corrected chi connectivity index (χ2v) is 15.5. The standard InChI is InChI=1S/5C10H7F3O4/c5*1-5(14)17-8-4-6(10(11,12)13)2-3-7(8)9(15)16/h5*2-4H,1H3,(H,15,16). The average molecular weight is 1240 g/mol. The van der Waals surface area contributed by atoms with Crippen molar-refractivity contribution in [3.05, 3.63) is 147 Å². The third-order valence-corrected chi connectivity index (χ3v) is 8.97. The Labute approximate surface area is 463 Å². The lowest BCUT2D eigenvalue weighted by molar-refractivity contribution is -0.139. The minimum absolute atomic E-state index is 0.477. The second kappa shape index (κ2) is 29.6. The van der Waals surface area contributed by atoms with Crippen LogP contribution in [0.3, 0.4) is 0 Å². The molecule has 0 fully saturated rings. The Kier molecular flexibility index (Phi) is 25.4. The van der Waals surface area contributed by atoms with Crippen LogP contribution < -0.4 is 23.7 Å². The number of aromatic carboxylic acids is 5. The fraction of sp³-hybridized carbons (Fsp3) is 0.200. The number of carbonyl (C=O) groups excluding carboxylic acids is 5. The fourth-order valence-electron chi connectivity index (χ4n) is 5.57. The zero-order valence-electron chi connectivity index (χ0n) is 42.7. The van der Waals surface area contributed by atoms with E-state index in [1.54, 1.807) is 0 Å². The lowest BCUT2D eigenvalue weighted by Crippen LogP contribution is -2.11. The molecule has 5 N–H and O–H groups in total. The van der Waals surface area contributed by atoms with Crippen LogP contribution in [0.1, 0.15) is 114 Å². The lowest BCUT2D eigenvalue weighted by Gasteiger charge is -2.10. The Morgan fingerprint density at radius 1 is 0.259 bits per heavy atom. The molecule has 0 aliphatic rings. The summed E-state index contributed by atoms with van der Waals surface area (Å²) in [5, 5.41) is 43.5. The monoisotopic (exact) mass is 1240 g/mol. The van der Waals surface area contributed by atoms with Gasteiger partial charge in [-0.15, -0.1) is 0 Å². The van der Waals surface area contributed by atoms with E-state index in [0.29, 0.717) is 60.7 Å². The van der Waals surface area contributed by atoms with Gasteiger partial charge in [0, 0.05) is 34.6 Å². The van der Waals surface area contributed by atoms with Gasteiger partial charge in [-0.3, -0.25) is 24.0 Å². The van der Waals surface area contributed by atoms with Crippen LogP contribution in [0, 0.1) is 0 Å². The van der Waals surface area contributed by atoms with E-state index >= 15 is 0 Å². The van der Waals surface area contributed by atoms with E-state index in [2.05, 4.69) is 23.7 Å². The smallest absolute Gasteiger partial charge is 0.416 e. The topological polar surface area (TPSA) is 318 Å². The van der Waals surface area contributed by atoms with Gasteiger partial charge >= 0.3 is 90.6 Å². The first kappa shape index (κ1) is 72.8. The Balaban J connectivity index is 0.000000531.